The lowest BCUT2D eigenvalue weighted by molar-refractivity contribution is 0.413. The summed E-state index contributed by atoms with van der Waals surface area (Å²) in [5.74, 6) is 2.98. The molecule has 0 bridgehead atoms. The van der Waals surface area contributed by atoms with Gasteiger partial charge in [0.1, 0.15) is 29.1 Å². The third kappa shape index (κ3) is 5.04. The van der Waals surface area contributed by atoms with Crippen LogP contribution in [0.5, 0.6) is 17.2 Å². The Morgan fingerprint density at radius 3 is 2.26 bits per heavy atom. The number of nitrogens with one attached hydrogen (secondary N) is 1. The van der Waals surface area contributed by atoms with Crippen LogP contribution in [0.4, 0.5) is 5.69 Å². The van der Waals surface area contributed by atoms with E-state index in [1.807, 2.05) is 91.1 Å². The lowest BCUT2D eigenvalue weighted by Gasteiger charge is -2.29. The average Bonchev–Trinajstić information content (AvgIpc) is 3.59. The summed E-state index contributed by atoms with van der Waals surface area (Å²) in [4.78, 5) is 11.3. The second-order valence-electron chi connectivity index (χ2n) is 8.91. The first-order valence-corrected chi connectivity index (χ1v) is 13.1. The molecule has 3 aromatic heterocycles. The second-order valence-corrected chi connectivity index (χ2v) is 9.73. The molecule has 0 amide bonds. The van der Waals surface area contributed by atoms with Crippen LogP contribution in [0.3, 0.4) is 0 Å². The number of benzene rings is 2. The molecule has 4 heterocycles. The van der Waals surface area contributed by atoms with Crippen molar-refractivity contribution >= 4 is 34.6 Å². The molecule has 7 nitrogen and oxygen atoms in total. The van der Waals surface area contributed by atoms with Crippen LogP contribution >= 0.6 is 23.8 Å². The van der Waals surface area contributed by atoms with Gasteiger partial charge in [0.15, 0.2) is 5.11 Å². The molecule has 2 aromatic carbocycles. The maximum atomic E-state index is 6.11. The molecule has 6 rings (SSSR count). The molecule has 1 N–H and O–H groups in total. The molecule has 5 aromatic rings. The number of hydrogen-bond acceptors (Lipinski definition) is 5. The van der Waals surface area contributed by atoms with Gasteiger partial charge >= 0.3 is 0 Å². The molecule has 2 atom stereocenters. The van der Waals surface area contributed by atoms with Crippen molar-refractivity contribution in [3.8, 4) is 23.1 Å². The third-order valence-electron chi connectivity index (χ3n) is 6.55. The molecule has 9 heteroatoms. The molecular formula is C30H24ClN5O2S. The van der Waals surface area contributed by atoms with Crippen molar-refractivity contribution in [2.75, 3.05) is 12.0 Å². The minimum absolute atomic E-state index is 0.185. The maximum absolute atomic E-state index is 6.11. The fraction of sp³-hybridized carbons (Fsp3) is 0.100. The first-order valence-electron chi connectivity index (χ1n) is 12.3. The van der Waals surface area contributed by atoms with E-state index in [1.54, 1.807) is 19.5 Å². The Labute approximate surface area is 236 Å². The number of thiocarbonyl (C=S) groups is 1. The number of pyridine rings is 2. The van der Waals surface area contributed by atoms with Gasteiger partial charge in [-0.25, -0.2) is 4.98 Å². The molecule has 39 heavy (non-hydrogen) atoms. The number of hydrogen-bond donors (Lipinski definition) is 1. The van der Waals surface area contributed by atoms with Crippen LogP contribution in [0.25, 0.3) is 5.82 Å². The topological polar surface area (TPSA) is 64.4 Å². The minimum atomic E-state index is -0.201. The smallest absolute Gasteiger partial charge is 0.174 e. The Morgan fingerprint density at radius 2 is 1.59 bits per heavy atom. The van der Waals surface area contributed by atoms with Gasteiger partial charge in [-0.05, 0) is 97.1 Å². The predicted molar refractivity (Wildman–Crippen MR) is 156 cm³/mol. The highest BCUT2D eigenvalue weighted by Gasteiger charge is 2.42. The summed E-state index contributed by atoms with van der Waals surface area (Å²) in [7, 11) is 1.64. The quantitative estimate of drug-likeness (QED) is 0.220. The van der Waals surface area contributed by atoms with E-state index in [2.05, 4.69) is 30.8 Å². The van der Waals surface area contributed by atoms with E-state index in [9.17, 15) is 0 Å². The van der Waals surface area contributed by atoms with E-state index >= 15 is 0 Å². The number of methoxy groups -OCH3 is 1. The number of aromatic nitrogens is 3. The number of halogens is 1. The highest BCUT2D eigenvalue weighted by Crippen LogP contribution is 2.42. The monoisotopic (exact) mass is 553 g/mol. The molecule has 194 valence electrons. The Hall–Kier alpha value is -4.40. The number of nitrogens with zero attached hydrogens (tertiary/aromatic N) is 4. The molecule has 1 fully saturated rings. The average molecular weight is 554 g/mol. The maximum Gasteiger partial charge on any atom is 0.174 e. The van der Waals surface area contributed by atoms with Gasteiger partial charge in [0, 0.05) is 30.0 Å². The fourth-order valence-corrected chi connectivity index (χ4v) is 5.20. The second kappa shape index (κ2) is 10.8. The van der Waals surface area contributed by atoms with Crippen LogP contribution < -0.4 is 19.7 Å². The fourth-order valence-electron chi connectivity index (χ4n) is 4.74. The Balaban J connectivity index is 1.36. The van der Waals surface area contributed by atoms with E-state index in [-0.39, 0.29) is 12.1 Å². The van der Waals surface area contributed by atoms with Gasteiger partial charge in [0.2, 0.25) is 0 Å². The summed E-state index contributed by atoms with van der Waals surface area (Å²) < 4.78 is 13.3. The molecule has 1 aliphatic heterocycles. The highest BCUT2D eigenvalue weighted by molar-refractivity contribution is 7.80. The zero-order valence-electron chi connectivity index (χ0n) is 20.9. The van der Waals surface area contributed by atoms with Gasteiger partial charge in [-0.3, -0.25) is 4.98 Å². The summed E-state index contributed by atoms with van der Waals surface area (Å²) in [6.45, 7) is 0. The Bertz CT molecular complexity index is 1580. The van der Waals surface area contributed by atoms with Crippen molar-refractivity contribution in [3.63, 3.8) is 0 Å². The van der Waals surface area contributed by atoms with E-state index in [4.69, 9.17) is 33.3 Å². The molecule has 0 saturated carbocycles. The summed E-state index contributed by atoms with van der Waals surface area (Å²) in [5, 5.41) is 4.70. The number of anilines is 1. The van der Waals surface area contributed by atoms with Gasteiger partial charge in [0.25, 0.3) is 0 Å². The van der Waals surface area contributed by atoms with Gasteiger partial charge < -0.3 is 24.3 Å². The van der Waals surface area contributed by atoms with E-state index in [0.717, 1.165) is 34.4 Å². The zero-order valence-corrected chi connectivity index (χ0v) is 22.5. The zero-order chi connectivity index (χ0) is 26.8. The summed E-state index contributed by atoms with van der Waals surface area (Å²) in [6.07, 6.45) is 5.44. The lowest BCUT2D eigenvalue weighted by atomic mass is 10.0. The van der Waals surface area contributed by atoms with Crippen LogP contribution in [0.1, 0.15) is 23.5 Å². The van der Waals surface area contributed by atoms with Crippen LogP contribution in [-0.2, 0) is 0 Å². The molecule has 1 aliphatic rings. The predicted octanol–water partition coefficient (Wildman–Crippen LogP) is 6.90. The Morgan fingerprint density at radius 1 is 0.846 bits per heavy atom. The third-order valence-corrected chi connectivity index (χ3v) is 7.09. The Kier molecular flexibility index (Phi) is 6.87. The normalized spacial score (nSPS) is 16.7. The first kappa shape index (κ1) is 24.9. The number of rotatable bonds is 7. The molecule has 0 aliphatic carbocycles. The van der Waals surface area contributed by atoms with E-state index in [1.165, 1.54) is 0 Å². The lowest BCUT2D eigenvalue weighted by Crippen LogP contribution is -2.30. The number of ether oxygens (including phenoxy) is 2. The standard InChI is InChI=1S/C30H24ClN5O2S/c1-37-22-12-14-24(15-13-22)38-23-10-8-21(9-11-23)36-29(28(34-30(36)39)25-5-2-3-17-32-25)26-6-4-18-35(26)27-16-7-20(31)19-33-27/h2-19,28-29H,1H3,(H,34,39)/t28-,29+/m0/s1. The van der Waals surface area contributed by atoms with Crippen molar-refractivity contribution in [1.29, 1.82) is 0 Å². The highest BCUT2D eigenvalue weighted by atomic mass is 35.5. The van der Waals surface area contributed by atoms with Gasteiger partial charge in [-0.2, -0.15) is 0 Å². The van der Waals surface area contributed by atoms with Crippen LogP contribution in [0.2, 0.25) is 5.02 Å². The molecule has 1 saturated heterocycles. The van der Waals surface area contributed by atoms with Crippen molar-refractivity contribution in [3.05, 3.63) is 126 Å². The molecular weight excluding hydrogens is 530 g/mol. The summed E-state index contributed by atoms with van der Waals surface area (Å²) >= 11 is 12.0. The van der Waals surface area contributed by atoms with Crippen molar-refractivity contribution < 1.29 is 9.47 Å². The van der Waals surface area contributed by atoms with Gasteiger partial charge in [-0.15, -0.1) is 0 Å². The van der Waals surface area contributed by atoms with E-state index in [0.29, 0.717) is 15.9 Å². The summed E-state index contributed by atoms with van der Waals surface area (Å²) in [5.41, 5.74) is 2.82. The molecule has 0 unspecified atom stereocenters. The first-order chi connectivity index (χ1) is 19.1. The largest absolute Gasteiger partial charge is 0.497 e. The van der Waals surface area contributed by atoms with Crippen LogP contribution in [-0.4, -0.2) is 26.8 Å². The van der Waals surface area contributed by atoms with E-state index < -0.39 is 0 Å². The van der Waals surface area contributed by atoms with Crippen LogP contribution in [0, 0.1) is 0 Å². The van der Waals surface area contributed by atoms with Crippen LogP contribution in [0.15, 0.2) is 110 Å². The molecule has 0 spiro atoms. The molecule has 0 radical (unpaired) electrons. The summed E-state index contributed by atoms with van der Waals surface area (Å²) in [6, 6.07) is 28.7. The van der Waals surface area contributed by atoms with Gasteiger partial charge in [-0.1, -0.05) is 17.7 Å². The minimum Gasteiger partial charge on any atom is -0.497 e. The van der Waals surface area contributed by atoms with Crippen molar-refractivity contribution in [2.45, 2.75) is 12.1 Å². The van der Waals surface area contributed by atoms with Crippen molar-refractivity contribution in [2.24, 2.45) is 0 Å². The van der Waals surface area contributed by atoms with Crippen molar-refractivity contribution in [1.82, 2.24) is 19.9 Å². The SMILES string of the molecule is COc1ccc(Oc2ccc(N3C(=S)N[C@@H](c4ccccn4)[C@H]3c3cccn3-c3ccc(Cl)cn3)cc2)cc1. The van der Waals surface area contributed by atoms with Gasteiger partial charge in [0.05, 0.1) is 23.9 Å².